The molecule has 0 aliphatic heterocycles. The van der Waals surface area contributed by atoms with Gasteiger partial charge in [-0.15, -0.1) is 0 Å². The Balaban J connectivity index is 2.86. The third-order valence-corrected chi connectivity index (χ3v) is 5.75. The minimum absolute atomic E-state index is 0.0113. The molecule has 0 radical (unpaired) electrons. The van der Waals surface area contributed by atoms with Crippen molar-refractivity contribution in [2.45, 2.75) is 86.6 Å². The highest BCUT2D eigenvalue weighted by atomic mass is 16.4. The number of hydrogen-bond acceptors (Lipinski definition) is 12. The van der Waals surface area contributed by atoms with Crippen molar-refractivity contribution in [1.29, 1.82) is 0 Å². The van der Waals surface area contributed by atoms with Gasteiger partial charge in [0.15, 0.2) is 0 Å². The van der Waals surface area contributed by atoms with E-state index in [2.05, 4.69) is 0 Å². The summed E-state index contributed by atoms with van der Waals surface area (Å²) in [7, 11) is 0. The summed E-state index contributed by atoms with van der Waals surface area (Å²) in [5.41, 5.74) is 5.91. The van der Waals surface area contributed by atoms with Crippen LogP contribution in [0.3, 0.4) is 0 Å². The van der Waals surface area contributed by atoms with Crippen LogP contribution in [-0.4, -0.2) is 143 Å². The number of rotatable bonds is 13. The average Bonchev–Trinajstić information content (AvgIpc) is 2.75. The summed E-state index contributed by atoms with van der Waals surface area (Å²) in [6, 6.07) is -0.175. The van der Waals surface area contributed by atoms with E-state index >= 15 is 0 Å². The Morgan fingerprint density at radius 3 is 1.27 bits per heavy atom. The number of nitrogens with two attached hydrogens (primary N) is 1. The van der Waals surface area contributed by atoms with E-state index in [1.165, 1.54) is 0 Å². The molecule has 0 spiro atoms. The molecule has 12 heteroatoms. The molecule has 180 valence electrons. The van der Waals surface area contributed by atoms with Crippen molar-refractivity contribution >= 4 is 0 Å². The van der Waals surface area contributed by atoms with Crippen LogP contribution in [0, 0.1) is 0 Å². The molecule has 8 atom stereocenters. The fourth-order valence-corrected chi connectivity index (χ4v) is 3.66. The van der Waals surface area contributed by atoms with Crippen LogP contribution in [0.15, 0.2) is 0 Å². The standard InChI is InChI=1S/C18H38N2O10/c19-9-1-3-10(4-2-9)20(5-11(23)15(27)17(29)13(25)7-21)6-12(24)16(28)18(30)14(26)8-22/h9-18,21-30H,1-8,19H2/t9-,10+,11-,12-,13+,14+,15+,16+,17+,18+/m0/s1. The maximum Gasteiger partial charge on any atom is 0.111 e. The lowest BCUT2D eigenvalue weighted by Gasteiger charge is -2.40. The van der Waals surface area contributed by atoms with Gasteiger partial charge in [-0.3, -0.25) is 4.90 Å². The van der Waals surface area contributed by atoms with Crippen molar-refractivity contribution in [3.8, 4) is 0 Å². The Bertz CT molecular complexity index is 438. The van der Waals surface area contributed by atoms with Gasteiger partial charge in [-0.1, -0.05) is 0 Å². The van der Waals surface area contributed by atoms with Gasteiger partial charge in [-0.25, -0.2) is 0 Å². The molecular formula is C18H38N2O10. The fraction of sp³-hybridized carbons (Fsp3) is 1.00. The smallest absolute Gasteiger partial charge is 0.111 e. The second kappa shape index (κ2) is 13.2. The lowest BCUT2D eigenvalue weighted by molar-refractivity contribution is -0.134. The molecular weight excluding hydrogens is 404 g/mol. The van der Waals surface area contributed by atoms with Crippen molar-refractivity contribution in [3.63, 3.8) is 0 Å². The molecule has 0 aromatic carbocycles. The highest BCUT2D eigenvalue weighted by Gasteiger charge is 2.36. The van der Waals surface area contributed by atoms with Gasteiger partial charge in [0.25, 0.3) is 0 Å². The van der Waals surface area contributed by atoms with Gasteiger partial charge in [-0.05, 0) is 25.7 Å². The molecule has 0 saturated heterocycles. The number of hydrogen-bond donors (Lipinski definition) is 11. The Kier molecular flexibility index (Phi) is 12.1. The molecule has 12 nitrogen and oxygen atoms in total. The van der Waals surface area contributed by atoms with Crippen LogP contribution in [-0.2, 0) is 0 Å². The minimum atomic E-state index is -1.80. The van der Waals surface area contributed by atoms with E-state index < -0.39 is 62.0 Å². The maximum absolute atomic E-state index is 10.3. The van der Waals surface area contributed by atoms with E-state index in [-0.39, 0.29) is 25.2 Å². The van der Waals surface area contributed by atoms with Crippen LogP contribution in [0.2, 0.25) is 0 Å². The van der Waals surface area contributed by atoms with Crippen LogP contribution in [0.4, 0.5) is 0 Å². The predicted octanol–water partition coefficient (Wildman–Crippen LogP) is -5.57. The van der Waals surface area contributed by atoms with Gasteiger partial charge in [0.1, 0.15) is 36.6 Å². The molecule has 1 fully saturated rings. The molecule has 1 aliphatic rings. The molecule has 0 bridgehead atoms. The summed E-state index contributed by atoms with van der Waals surface area (Å²) in [6.07, 6.45) is -11.0. The zero-order valence-corrected chi connectivity index (χ0v) is 16.9. The minimum Gasteiger partial charge on any atom is -0.394 e. The lowest BCUT2D eigenvalue weighted by Crippen LogP contribution is -2.55. The van der Waals surface area contributed by atoms with Crippen molar-refractivity contribution < 1.29 is 51.1 Å². The average molecular weight is 443 g/mol. The molecule has 0 aromatic heterocycles. The molecule has 1 rings (SSSR count). The van der Waals surface area contributed by atoms with Crippen molar-refractivity contribution in [3.05, 3.63) is 0 Å². The normalized spacial score (nSPS) is 28.4. The van der Waals surface area contributed by atoms with Gasteiger partial charge >= 0.3 is 0 Å². The van der Waals surface area contributed by atoms with E-state index in [0.717, 1.165) is 0 Å². The van der Waals surface area contributed by atoms with Crippen LogP contribution in [0.5, 0.6) is 0 Å². The fourth-order valence-electron chi connectivity index (χ4n) is 3.66. The highest BCUT2D eigenvalue weighted by Crippen LogP contribution is 2.24. The zero-order valence-electron chi connectivity index (χ0n) is 16.9. The van der Waals surface area contributed by atoms with Crippen LogP contribution >= 0.6 is 0 Å². The molecule has 0 aromatic rings. The van der Waals surface area contributed by atoms with Gasteiger partial charge in [-0.2, -0.15) is 0 Å². The van der Waals surface area contributed by atoms with Gasteiger partial charge in [0.2, 0.25) is 0 Å². The summed E-state index contributed by atoms with van der Waals surface area (Å²) >= 11 is 0. The monoisotopic (exact) mass is 442 g/mol. The molecule has 1 saturated carbocycles. The Labute approximate surface area is 175 Å². The first kappa shape index (κ1) is 27.6. The summed E-state index contributed by atoms with van der Waals surface area (Å²) < 4.78 is 0. The molecule has 12 N–H and O–H groups in total. The summed E-state index contributed by atoms with van der Waals surface area (Å²) in [4.78, 5) is 1.57. The number of nitrogens with zero attached hydrogens (tertiary/aromatic N) is 1. The third-order valence-electron chi connectivity index (χ3n) is 5.75. The number of aliphatic hydroxyl groups excluding tert-OH is 10. The van der Waals surface area contributed by atoms with E-state index in [9.17, 15) is 40.9 Å². The summed E-state index contributed by atoms with van der Waals surface area (Å²) in [6.45, 7) is -2.13. The van der Waals surface area contributed by atoms with E-state index in [1.54, 1.807) is 4.90 Å². The molecule has 30 heavy (non-hydrogen) atoms. The largest absolute Gasteiger partial charge is 0.394 e. The summed E-state index contributed by atoms with van der Waals surface area (Å²) in [5, 5.41) is 97.2. The van der Waals surface area contributed by atoms with Crippen LogP contribution in [0.25, 0.3) is 0 Å². The quantitative estimate of drug-likeness (QED) is 0.128. The van der Waals surface area contributed by atoms with Crippen molar-refractivity contribution in [1.82, 2.24) is 4.90 Å². The van der Waals surface area contributed by atoms with Gasteiger partial charge in [0.05, 0.1) is 25.4 Å². The van der Waals surface area contributed by atoms with E-state index in [4.69, 9.17) is 15.9 Å². The van der Waals surface area contributed by atoms with E-state index in [1.807, 2.05) is 0 Å². The van der Waals surface area contributed by atoms with E-state index in [0.29, 0.717) is 25.7 Å². The third kappa shape index (κ3) is 7.89. The summed E-state index contributed by atoms with van der Waals surface area (Å²) in [5.74, 6) is 0. The molecule has 0 amide bonds. The topological polar surface area (TPSA) is 232 Å². The number of aliphatic hydroxyl groups is 10. The maximum atomic E-state index is 10.3. The zero-order chi connectivity index (χ0) is 23.0. The predicted molar refractivity (Wildman–Crippen MR) is 104 cm³/mol. The Morgan fingerprint density at radius 1 is 0.600 bits per heavy atom. The van der Waals surface area contributed by atoms with Crippen LogP contribution in [0.1, 0.15) is 25.7 Å². The first-order valence-corrected chi connectivity index (χ1v) is 10.2. The second-order valence-corrected chi connectivity index (χ2v) is 8.12. The first-order valence-electron chi connectivity index (χ1n) is 10.2. The van der Waals surface area contributed by atoms with Crippen molar-refractivity contribution in [2.75, 3.05) is 26.3 Å². The molecule has 1 aliphatic carbocycles. The first-order chi connectivity index (χ1) is 14.0. The Hall–Kier alpha value is -0.480. The SMILES string of the molecule is N[C@H]1CC[C@@H](N(C[C@H](O)[C@@H](O)[C@H](O)[C@H](O)CO)C[C@H](O)[C@@H](O)[C@H](O)[C@H](O)CO)CC1. The van der Waals surface area contributed by atoms with Crippen LogP contribution < -0.4 is 5.73 Å². The van der Waals surface area contributed by atoms with Crippen molar-refractivity contribution in [2.24, 2.45) is 5.73 Å². The Morgan fingerprint density at radius 2 is 0.933 bits per heavy atom. The van der Waals surface area contributed by atoms with Gasteiger partial charge in [0, 0.05) is 25.2 Å². The second-order valence-electron chi connectivity index (χ2n) is 8.12. The molecule has 0 unspecified atom stereocenters. The highest BCUT2D eigenvalue weighted by molar-refractivity contribution is 4.90. The van der Waals surface area contributed by atoms with Gasteiger partial charge < -0.3 is 56.8 Å². The lowest BCUT2D eigenvalue weighted by atomic mass is 9.89. The molecule has 0 heterocycles.